The van der Waals surface area contributed by atoms with Crippen molar-refractivity contribution in [2.45, 2.75) is 38.1 Å². The Morgan fingerprint density at radius 3 is 2.53 bits per heavy atom. The lowest BCUT2D eigenvalue weighted by molar-refractivity contribution is -0.612. The minimum absolute atomic E-state index is 0. The highest BCUT2D eigenvalue weighted by molar-refractivity contribution is 8.77. The van der Waals surface area contributed by atoms with Gasteiger partial charge in [-0.15, -0.1) is 0 Å². The molecule has 2 heterocycles. The third kappa shape index (κ3) is 6.77. The second-order valence-electron chi connectivity index (χ2n) is 7.67. The van der Waals surface area contributed by atoms with Crippen LogP contribution in [-0.4, -0.2) is 50.2 Å². The van der Waals surface area contributed by atoms with Gasteiger partial charge in [-0.1, -0.05) is 26.6 Å². The van der Waals surface area contributed by atoms with Gasteiger partial charge in [-0.25, -0.2) is 9.55 Å². The minimum Gasteiger partial charge on any atom is -1.00 e. The number of hydrogen-bond donors (Lipinski definition) is 3. The van der Waals surface area contributed by atoms with Gasteiger partial charge in [0, 0.05) is 23.3 Å². The molecule has 0 saturated heterocycles. The normalized spacial score (nSPS) is 12.3. The summed E-state index contributed by atoms with van der Waals surface area (Å²) >= 11 is 0. The molecule has 0 aliphatic heterocycles. The van der Waals surface area contributed by atoms with Crippen LogP contribution in [0, 0.1) is 13.8 Å². The molecule has 0 aliphatic carbocycles. The first-order valence-electron chi connectivity index (χ1n) is 10.3. The molecular weight excluding hydrogens is 543 g/mol. The van der Waals surface area contributed by atoms with Gasteiger partial charge in [-0.2, -0.15) is 13.2 Å². The first-order valence-corrected chi connectivity index (χ1v) is 12.7. The lowest BCUT2D eigenvalue weighted by atomic mass is 10.1. The van der Waals surface area contributed by atoms with E-state index in [1.54, 1.807) is 10.8 Å². The van der Waals surface area contributed by atoms with Crippen LogP contribution in [0.1, 0.15) is 28.8 Å². The molecule has 0 fully saturated rings. The van der Waals surface area contributed by atoms with Gasteiger partial charge in [-0.3, -0.25) is 9.59 Å². The number of aromatic nitrogens is 3. The molecule has 14 heteroatoms. The highest BCUT2D eigenvalue weighted by Crippen LogP contribution is 2.32. The molecule has 0 bridgehead atoms. The first kappa shape index (κ1) is 29.6. The van der Waals surface area contributed by atoms with Gasteiger partial charge in [0.2, 0.25) is 0 Å². The zero-order valence-corrected chi connectivity index (χ0v) is 21.7. The highest BCUT2D eigenvalue weighted by atomic mass is 35.5. The van der Waals surface area contributed by atoms with Gasteiger partial charge in [0.15, 0.2) is 5.52 Å². The van der Waals surface area contributed by atoms with Crippen molar-refractivity contribution in [1.82, 2.24) is 9.97 Å². The summed E-state index contributed by atoms with van der Waals surface area (Å²) in [4.78, 5) is 29.6. The summed E-state index contributed by atoms with van der Waals surface area (Å²) in [6, 6.07) is 3.31. The number of imidazole rings is 1. The van der Waals surface area contributed by atoms with Crippen molar-refractivity contribution < 1.29 is 54.7 Å². The second-order valence-corrected chi connectivity index (χ2v) is 10.4. The summed E-state index contributed by atoms with van der Waals surface area (Å²) in [5, 5.41) is 17.0. The predicted octanol–water partition coefficient (Wildman–Crippen LogP) is 1.34. The molecule has 0 amide bonds. The van der Waals surface area contributed by atoms with Crippen LogP contribution >= 0.6 is 21.6 Å². The Morgan fingerprint density at radius 1 is 1.25 bits per heavy atom. The maximum atomic E-state index is 13.1. The number of nitrogens with one attached hydrogen (secondary N) is 1. The SMILES string of the molecule is COc1c(C)c[n+](-c2nc3cc(C(F)(F)F)ccc3[nH]2)c(CCSSC(CC(=O)O)C(=O)O)c1C.[Cl-]. The quantitative estimate of drug-likeness (QED) is 0.192. The maximum absolute atomic E-state index is 13.1. The zero-order valence-electron chi connectivity index (χ0n) is 19.4. The van der Waals surface area contributed by atoms with Crippen molar-refractivity contribution in [3.05, 3.63) is 46.8 Å². The molecule has 1 unspecified atom stereocenters. The lowest BCUT2D eigenvalue weighted by Crippen LogP contribution is -3.00. The third-order valence-corrected chi connectivity index (χ3v) is 7.93. The molecule has 0 radical (unpaired) electrons. The van der Waals surface area contributed by atoms with E-state index >= 15 is 0 Å². The molecule has 3 aromatic rings. The third-order valence-electron chi connectivity index (χ3n) is 5.22. The second kappa shape index (κ2) is 12.1. The topological polar surface area (TPSA) is 116 Å². The van der Waals surface area contributed by atoms with Crippen molar-refractivity contribution >= 4 is 44.6 Å². The molecule has 196 valence electrons. The van der Waals surface area contributed by atoms with E-state index in [2.05, 4.69) is 9.97 Å². The van der Waals surface area contributed by atoms with Crippen LogP contribution in [0.4, 0.5) is 13.2 Å². The molecule has 3 rings (SSSR count). The fourth-order valence-corrected chi connectivity index (χ4v) is 5.93. The number of methoxy groups -OCH3 is 1. The predicted molar refractivity (Wildman–Crippen MR) is 126 cm³/mol. The number of aromatic amines is 1. The Bertz CT molecular complexity index is 1270. The molecule has 8 nitrogen and oxygen atoms in total. The number of ether oxygens (including phenoxy) is 1. The molecule has 3 N–H and O–H groups in total. The molecule has 2 aromatic heterocycles. The Hall–Kier alpha value is -2.64. The summed E-state index contributed by atoms with van der Waals surface area (Å²) in [6.45, 7) is 3.69. The summed E-state index contributed by atoms with van der Waals surface area (Å²) in [7, 11) is 3.74. The van der Waals surface area contributed by atoms with Gasteiger partial charge in [0.1, 0.15) is 16.5 Å². The number of benzene rings is 1. The highest BCUT2D eigenvalue weighted by Gasteiger charge is 2.32. The maximum Gasteiger partial charge on any atom is 0.416 e. The molecule has 1 aromatic carbocycles. The lowest BCUT2D eigenvalue weighted by Gasteiger charge is -2.15. The summed E-state index contributed by atoms with van der Waals surface area (Å²) in [6.07, 6.45) is -2.78. The molecule has 0 aliphatic rings. The zero-order chi connectivity index (χ0) is 25.9. The number of hydrogen-bond acceptors (Lipinski definition) is 6. The molecule has 0 saturated carbocycles. The van der Waals surface area contributed by atoms with E-state index in [1.165, 1.54) is 24.0 Å². The Balaban J connectivity index is 0.00000456. The largest absolute Gasteiger partial charge is 1.00 e. The summed E-state index contributed by atoms with van der Waals surface area (Å²) in [5.41, 5.74) is 2.18. The minimum atomic E-state index is -4.48. The molecule has 0 spiro atoms. The van der Waals surface area contributed by atoms with E-state index in [1.807, 2.05) is 13.8 Å². The number of aryl methyl sites for hydroxylation is 1. The van der Waals surface area contributed by atoms with Crippen LogP contribution in [0.5, 0.6) is 5.75 Å². The van der Waals surface area contributed by atoms with Crippen LogP contribution in [-0.2, 0) is 22.2 Å². The van der Waals surface area contributed by atoms with Gasteiger partial charge in [-0.05, 0) is 32.0 Å². The van der Waals surface area contributed by atoms with Crippen LogP contribution in [0.3, 0.4) is 0 Å². The Kier molecular flexibility index (Phi) is 9.92. The number of fused-ring (bicyclic) bond motifs is 1. The fraction of sp³-hybridized carbons (Fsp3) is 0.364. The number of alkyl halides is 3. The van der Waals surface area contributed by atoms with Crippen molar-refractivity contribution in [3.63, 3.8) is 0 Å². The van der Waals surface area contributed by atoms with E-state index in [9.17, 15) is 27.9 Å². The summed E-state index contributed by atoms with van der Waals surface area (Å²) in [5.74, 6) is -0.969. The molecule has 36 heavy (non-hydrogen) atoms. The number of H-pyrrole nitrogens is 1. The number of aliphatic carboxylic acids is 2. The van der Waals surface area contributed by atoms with E-state index in [4.69, 9.17) is 9.84 Å². The molecule has 1 atom stereocenters. The van der Waals surface area contributed by atoms with E-state index in [0.717, 1.165) is 39.7 Å². The fourth-order valence-electron chi connectivity index (χ4n) is 3.62. The Labute approximate surface area is 218 Å². The van der Waals surface area contributed by atoms with Crippen molar-refractivity contribution in [1.29, 1.82) is 0 Å². The van der Waals surface area contributed by atoms with Crippen LogP contribution in [0.15, 0.2) is 24.4 Å². The van der Waals surface area contributed by atoms with Gasteiger partial charge in [0.25, 0.3) is 0 Å². The number of halogens is 4. The van der Waals surface area contributed by atoms with Crippen LogP contribution in [0.25, 0.3) is 17.0 Å². The number of nitrogens with zero attached hydrogens (tertiary/aromatic N) is 2. The van der Waals surface area contributed by atoms with E-state index < -0.39 is 35.3 Å². The van der Waals surface area contributed by atoms with Gasteiger partial charge >= 0.3 is 24.1 Å². The summed E-state index contributed by atoms with van der Waals surface area (Å²) < 4.78 is 46.6. The van der Waals surface area contributed by atoms with E-state index in [0.29, 0.717) is 29.4 Å². The Morgan fingerprint density at radius 2 is 1.94 bits per heavy atom. The van der Waals surface area contributed by atoms with Gasteiger partial charge in [0.05, 0.1) is 31.0 Å². The standard InChI is InChI=1S/C22H22F3N3O5S2.ClH/c1-11-10-28(21-26-14-5-4-13(22(23,24)25)8-15(14)27-21)16(12(2)19(11)33-3)6-7-34-35-17(20(31)32)9-18(29)30;/h4-5,8,10,17H,6-7,9H2,1-3H3,(H2-,26,27,29,30,31,32);1H. The average molecular weight is 566 g/mol. The number of pyridine rings is 1. The van der Waals surface area contributed by atoms with E-state index in [-0.39, 0.29) is 17.9 Å². The number of carboxylic acids is 2. The van der Waals surface area contributed by atoms with Gasteiger partial charge < -0.3 is 27.4 Å². The number of carboxylic acid groups (broad SMARTS) is 2. The number of rotatable bonds is 10. The van der Waals surface area contributed by atoms with Crippen LogP contribution < -0.4 is 21.7 Å². The van der Waals surface area contributed by atoms with Crippen LogP contribution in [0.2, 0.25) is 0 Å². The number of carbonyl (C=O) groups is 2. The van der Waals surface area contributed by atoms with Crippen molar-refractivity contribution in [2.75, 3.05) is 12.9 Å². The monoisotopic (exact) mass is 565 g/mol. The molecular formula is C22H23ClF3N3O5S2. The van der Waals surface area contributed by atoms with Crippen molar-refractivity contribution in [3.8, 4) is 11.7 Å². The first-order chi connectivity index (χ1) is 16.4. The average Bonchev–Trinajstić information content (AvgIpc) is 3.19. The van der Waals surface area contributed by atoms with Crippen molar-refractivity contribution in [2.24, 2.45) is 0 Å². The smallest absolute Gasteiger partial charge is 0.416 e.